The maximum atomic E-state index is 12.4. The number of hydrogen-bond donors (Lipinski definition) is 2. The van der Waals surface area contributed by atoms with E-state index in [1.807, 2.05) is 37.3 Å². The first-order valence-corrected chi connectivity index (χ1v) is 9.55. The van der Waals surface area contributed by atoms with Gasteiger partial charge in [0.15, 0.2) is 5.11 Å². The number of amides is 1. The van der Waals surface area contributed by atoms with Crippen LogP contribution >= 0.6 is 12.2 Å². The summed E-state index contributed by atoms with van der Waals surface area (Å²) in [5.74, 6) is 0.902. The number of aryl methyl sites for hydroxylation is 1. The summed E-state index contributed by atoms with van der Waals surface area (Å²) in [6, 6.07) is 16.8. The van der Waals surface area contributed by atoms with Crippen molar-refractivity contribution in [3.05, 3.63) is 65.9 Å². The molecule has 0 aliphatic heterocycles. The van der Waals surface area contributed by atoms with E-state index >= 15 is 0 Å². The number of thiocarbonyl (C=S) groups is 1. The summed E-state index contributed by atoms with van der Waals surface area (Å²) in [7, 11) is 0. The van der Waals surface area contributed by atoms with E-state index in [-0.39, 0.29) is 11.0 Å². The number of nitrogens with zero attached hydrogens (tertiary/aromatic N) is 1. The lowest BCUT2D eigenvalue weighted by molar-refractivity contribution is 0.0977. The Labute approximate surface area is 170 Å². The summed E-state index contributed by atoms with van der Waals surface area (Å²) in [6.45, 7) is 6.74. The SMILES string of the molecule is Cc1ccc2cccc(NC(=S)NC(=O)c3ccc(OCC(C)C)cc3)c2n1. The monoisotopic (exact) mass is 393 g/mol. The fourth-order valence-electron chi connectivity index (χ4n) is 2.64. The number of para-hydroxylation sites is 1. The van der Waals surface area contributed by atoms with Gasteiger partial charge in [0.1, 0.15) is 5.75 Å². The van der Waals surface area contributed by atoms with E-state index in [2.05, 4.69) is 29.5 Å². The quantitative estimate of drug-likeness (QED) is 0.615. The second kappa shape index (κ2) is 8.80. The number of pyridine rings is 1. The Bertz CT molecular complexity index is 1000. The van der Waals surface area contributed by atoms with Crippen LogP contribution in [-0.2, 0) is 0 Å². The van der Waals surface area contributed by atoms with E-state index in [0.717, 1.165) is 28.0 Å². The van der Waals surface area contributed by atoms with Gasteiger partial charge in [0.05, 0.1) is 17.8 Å². The molecule has 2 N–H and O–H groups in total. The van der Waals surface area contributed by atoms with Crippen molar-refractivity contribution in [3.63, 3.8) is 0 Å². The molecule has 5 nitrogen and oxygen atoms in total. The van der Waals surface area contributed by atoms with Crippen molar-refractivity contribution in [1.82, 2.24) is 10.3 Å². The molecule has 0 saturated heterocycles. The Morgan fingerprint density at radius 1 is 1.11 bits per heavy atom. The third kappa shape index (κ3) is 5.04. The zero-order valence-corrected chi connectivity index (χ0v) is 17.0. The molecule has 0 aliphatic rings. The zero-order valence-electron chi connectivity index (χ0n) is 16.2. The molecule has 144 valence electrons. The van der Waals surface area contributed by atoms with Crippen molar-refractivity contribution in [3.8, 4) is 5.75 Å². The highest BCUT2D eigenvalue weighted by molar-refractivity contribution is 7.80. The van der Waals surface area contributed by atoms with Crippen molar-refractivity contribution in [2.75, 3.05) is 11.9 Å². The van der Waals surface area contributed by atoms with Crippen molar-refractivity contribution in [1.29, 1.82) is 0 Å². The number of benzene rings is 2. The molecule has 0 saturated carbocycles. The van der Waals surface area contributed by atoms with Crippen LogP contribution in [0.25, 0.3) is 10.9 Å². The molecule has 0 spiro atoms. The minimum atomic E-state index is -0.280. The van der Waals surface area contributed by atoms with Gasteiger partial charge in [-0.1, -0.05) is 32.0 Å². The molecule has 0 bridgehead atoms. The van der Waals surface area contributed by atoms with E-state index in [1.165, 1.54) is 0 Å². The van der Waals surface area contributed by atoms with Crippen LogP contribution in [0.4, 0.5) is 5.69 Å². The molecule has 0 fully saturated rings. The fraction of sp³-hybridized carbons (Fsp3) is 0.227. The Kier molecular flexibility index (Phi) is 6.21. The maximum absolute atomic E-state index is 12.4. The van der Waals surface area contributed by atoms with Gasteiger partial charge in [0, 0.05) is 16.6 Å². The summed E-state index contributed by atoms with van der Waals surface area (Å²) in [5, 5.41) is 7.00. The van der Waals surface area contributed by atoms with Gasteiger partial charge >= 0.3 is 0 Å². The number of ether oxygens (including phenoxy) is 1. The van der Waals surface area contributed by atoms with Crippen molar-refractivity contribution < 1.29 is 9.53 Å². The first-order valence-electron chi connectivity index (χ1n) is 9.14. The molecule has 0 aliphatic carbocycles. The van der Waals surface area contributed by atoms with Gasteiger partial charge in [-0.15, -0.1) is 0 Å². The van der Waals surface area contributed by atoms with Gasteiger partial charge in [-0.05, 0) is 61.5 Å². The highest BCUT2D eigenvalue weighted by atomic mass is 32.1. The second-order valence-electron chi connectivity index (χ2n) is 6.97. The molecule has 3 aromatic rings. The van der Waals surface area contributed by atoms with E-state index in [9.17, 15) is 4.79 Å². The smallest absolute Gasteiger partial charge is 0.257 e. The highest BCUT2D eigenvalue weighted by Gasteiger charge is 2.10. The van der Waals surface area contributed by atoms with Crippen LogP contribution in [0, 0.1) is 12.8 Å². The molecule has 3 rings (SSSR count). The van der Waals surface area contributed by atoms with Gasteiger partial charge in [0.2, 0.25) is 0 Å². The number of carbonyl (C=O) groups is 1. The van der Waals surface area contributed by atoms with E-state index in [4.69, 9.17) is 17.0 Å². The Hall–Kier alpha value is -2.99. The first kappa shape index (κ1) is 19.8. The third-order valence-electron chi connectivity index (χ3n) is 4.03. The largest absolute Gasteiger partial charge is 0.493 e. The van der Waals surface area contributed by atoms with Crippen LogP contribution in [0.1, 0.15) is 29.9 Å². The summed E-state index contributed by atoms with van der Waals surface area (Å²) >= 11 is 5.31. The van der Waals surface area contributed by atoms with Gasteiger partial charge in [-0.3, -0.25) is 15.1 Å². The van der Waals surface area contributed by atoms with Crippen LogP contribution in [0.15, 0.2) is 54.6 Å². The first-order chi connectivity index (χ1) is 13.4. The van der Waals surface area contributed by atoms with E-state index in [0.29, 0.717) is 18.1 Å². The number of aromatic nitrogens is 1. The molecule has 6 heteroatoms. The number of fused-ring (bicyclic) bond motifs is 1. The minimum Gasteiger partial charge on any atom is -0.493 e. The van der Waals surface area contributed by atoms with Gasteiger partial charge in [0.25, 0.3) is 5.91 Å². The lowest BCUT2D eigenvalue weighted by Crippen LogP contribution is -2.34. The van der Waals surface area contributed by atoms with Crippen LogP contribution in [-0.4, -0.2) is 22.6 Å². The molecule has 1 heterocycles. The Morgan fingerprint density at radius 3 is 2.57 bits per heavy atom. The lowest BCUT2D eigenvalue weighted by Gasteiger charge is -2.12. The average molecular weight is 394 g/mol. The van der Waals surface area contributed by atoms with Gasteiger partial charge in [-0.2, -0.15) is 0 Å². The van der Waals surface area contributed by atoms with Crippen LogP contribution < -0.4 is 15.4 Å². The second-order valence-corrected chi connectivity index (χ2v) is 7.38. The van der Waals surface area contributed by atoms with Gasteiger partial charge in [-0.25, -0.2) is 0 Å². The lowest BCUT2D eigenvalue weighted by atomic mass is 10.2. The molecular weight excluding hydrogens is 370 g/mol. The predicted molar refractivity (Wildman–Crippen MR) is 117 cm³/mol. The van der Waals surface area contributed by atoms with Crippen molar-refractivity contribution >= 4 is 39.8 Å². The zero-order chi connectivity index (χ0) is 20.1. The number of anilines is 1. The van der Waals surface area contributed by atoms with Crippen LogP contribution in [0.3, 0.4) is 0 Å². The molecule has 0 atom stereocenters. The minimum absolute atomic E-state index is 0.223. The highest BCUT2D eigenvalue weighted by Crippen LogP contribution is 2.21. The molecule has 2 aromatic carbocycles. The molecular formula is C22H23N3O2S. The standard InChI is InChI=1S/C22H23N3O2S/c1-14(2)13-27-18-11-9-17(10-12-18)21(26)25-22(28)24-19-6-4-5-16-8-7-15(3)23-20(16)19/h4-12,14H,13H2,1-3H3,(H2,24,25,26,28). The summed E-state index contributed by atoms with van der Waals surface area (Å²) in [4.78, 5) is 17.0. The van der Waals surface area contributed by atoms with Crippen LogP contribution in [0.2, 0.25) is 0 Å². The molecule has 0 radical (unpaired) electrons. The van der Waals surface area contributed by atoms with Crippen LogP contribution in [0.5, 0.6) is 5.75 Å². The fourth-order valence-corrected chi connectivity index (χ4v) is 2.84. The molecule has 1 aromatic heterocycles. The molecule has 0 unspecified atom stereocenters. The average Bonchev–Trinajstić information content (AvgIpc) is 2.67. The maximum Gasteiger partial charge on any atom is 0.257 e. The summed E-state index contributed by atoms with van der Waals surface area (Å²) < 4.78 is 5.64. The predicted octanol–water partition coefficient (Wildman–Crippen LogP) is 4.70. The van der Waals surface area contributed by atoms with Gasteiger partial charge < -0.3 is 10.1 Å². The van der Waals surface area contributed by atoms with Crippen molar-refractivity contribution in [2.45, 2.75) is 20.8 Å². The molecule has 1 amide bonds. The van der Waals surface area contributed by atoms with Crippen molar-refractivity contribution in [2.24, 2.45) is 5.92 Å². The summed E-state index contributed by atoms with van der Waals surface area (Å²) in [5.41, 5.74) is 2.99. The van der Waals surface area contributed by atoms with E-state index < -0.39 is 0 Å². The number of carbonyl (C=O) groups excluding carboxylic acids is 1. The Morgan fingerprint density at radius 2 is 1.86 bits per heavy atom. The Balaban J connectivity index is 1.65. The normalized spacial score (nSPS) is 10.7. The third-order valence-corrected chi connectivity index (χ3v) is 4.24. The molecule has 28 heavy (non-hydrogen) atoms. The topological polar surface area (TPSA) is 63.2 Å². The van der Waals surface area contributed by atoms with E-state index in [1.54, 1.807) is 24.3 Å². The number of rotatable bonds is 5. The summed E-state index contributed by atoms with van der Waals surface area (Å²) in [6.07, 6.45) is 0. The number of hydrogen-bond acceptors (Lipinski definition) is 4. The number of nitrogens with one attached hydrogen (secondary N) is 2.